The predicted molar refractivity (Wildman–Crippen MR) is 61.6 cm³/mol. The van der Waals surface area contributed by atoms with E-state index < -0.39 is 0 Å². The molecule has 14 heavy (non-hydrogen) atoms. The lowest BCUT2D eigenvalue weighted by molar-refractivity contribution is 0.100. The van der Waals surface area contributed by atoms with Crippen LogP contribution in [0, 0.1) is 0 Å². The van der Waals surface area contributed by atoms with E-state index in [4.69, 9.17) is 0 Å². The molecule has 1 amide bonds. The summed E-state index contributed by atoms with van der Waals surface area (Å²) >= 11 is 1.54. The molecule has 0 aromatic carbocycles. The lowest BCUT2D eigenvalue weighted by atomic mass is 10.3. The fourth-order valence-corrected chi connectivity index (χ4v) is 1.85. The van der Waals surface area contributed by atoms with Crippen LogP contribution in [0.2, 0.25) is 0 Å². The molecule has 0 spiro atoms. The van der Waals surface area contributed by atoms with Gasteiger partial charge in [0.25, 0.3) is 5.91 Å². The van der Waals surface area contributed by atoms with E-state index >= 15 is 0 Å². The second-order valence-electron chi connectivity index (χ2n) is 2.78. The Morgan fingerprint density at radius 2 is 2.50 bits per heavy atom. The van der Waals surface area contributed by atoms with E-state index in [0.29, 0.717) is 5.56 Å². The van der Waals surface area contributed by atoms with Gasteiger partial charge in [-0.05, 0) is 24.8 Å². The number of nitrogens with one attached hydrogen (secondary N) is 1. The molecule has 0 aliphatic heterocycles. The molecule has 0 bridgehead atoms. The van der Waals surface area contributed by atoms with Crippen molar-refractivity contribution in [3.05, 3.63) is 17.0 Å². The number of thiophene rings is 1. The maximum atomic E-state index is 11.5. The first-order valence-electron chi connectivity index (χ1n) is 4.64. The van der Waals surface area contributed by atoms with E-state index in [0.717, 1.165) is 18.0 Å². The second-order valence-corrected chi connectivity index (χ2v) is 3.70. The Hall–Kier alpha value is -1.16. The lowest BCUT2D eigenvalue weighted by Crippen LogP contribution is -2.03. The first kappa shape index (κ1) is 10.9. The molecule has 4 heteroatoms. The summed E-state index contributed by atoms with van der Waals surface area (Å²) in [5.74, 6) is -0.174. The number of anilines is 1. The van der Waals surface area contributed by atoms with Crippen LogP contribution >= 0.6 is 11.3 Å². The van der Waals surface area contributed by atoms with Crippen molar-refractivity contribution in [2.24, 2.45) is 4.99 Å². The number of hydrogen-bond acceptors (Lipinski definition) is 3. The van der Waals surface area contributed by atoms with Crippen molar-refractivity contribution in [2.45, 2.75) is 20.3 Å². The van der Waals surface area contributed by atoms with Gasteiger partial charge < -0.3 is 5.32 Å². The maximum absolute atomic E-state index is 11.5. The molecule has 3 nitrogen and oxygen atoms in total. The molecule has 0 aliphatic rings. The number of carbonyl (C=O) groups excluding carboxylic acids is 1. The van der Waals surface area contributed by atoms with E-state index in [-0.39, 0.29) is 5.91 Å². The minimum atomic E-state index is -0.174. The van der Waals surface area contributed by atoms with Crippen LogP contribution in [0.15, 0.2) is 16.4 Å². The van der Waals surface area contributed by atoms with Crippen LogP contribution in [0.25, 0.3) is 0 Å². The van der Waals surface area contributed by atoms with Gasteiger partial charge in [0, 0.05) is 12.8 Å². The van der Waals surface area contributed by atoms with Gasteiger partial charge in [-0.25, -0.2) is 4.99 Å². The second kappa shape index (κ2) is 5.54. The Kier molecular flexibility index (Phi) is 4.32. The standard InChI is InChI=1S/C10H14N2OS/c1-3-6-12-10-8(5-7-14-10)9(13)11-4-2/h4-5,7,12H,3,6H2,1-2H3. The third-order valence-corrected chi connectivity index (χ3v) is 2.55. The van der Waals surface area contributed by atoms with E-state index in [1.807, 2.05) is 5.38 Å². The number of carbonyl (C=O) groups is 1. The van der Waals surface area contributed by atoms with Crippen LogP contribution in [0.1, 0.15) is 30.6 Å². The quantitative estimate of drug-likeness (QED) is 0.776. The zero-order valence-corrected chi connectivity index (χ0v) is 9.23. The van der Waals surface area contributed by atoms with E-state index in [9.17, 15) is 4.79 Å². The van der Waals surface area contributed by atoms with Gasteiger partial charge in [0.05, 0.1) is 5.56 Å². The van der Waals surface area contributed by atoms with Crippen molar-refractivity contribution in [3.63, 3.8) is 0 Å². The first-order valence-corrected chi connectivity index (χ1v) is 5.52. The average Bonchev–Trinajstić information content (AvgIpc) is 2.63. The topological polar surface area (TPSA) is 41.5 Å². The molecular formula is C10H14N2OS. The molecule has 1 rings (SSSR count). The van der Waals surface area contributed by atoms with Crippen LogP contribution in [0.5, 0.6) is 0 Å². The number of hydrogen-bond donors (Lipinski definition) is 1. The molecule has 1 N–H and O–H groups in total. The maximum Gasteiger partial charge on any atom is 0.279 e. The highest BCUT2D eigenvalue weighted by atomic mass is 32.1. The summed E-state index contributed by atoms with van der Waals surface area (Å²) in [6.45, 7) is 4.71. The van der Waals surface area contributed by atoms with Crippen molar-refractivity contribution < 1.29 is 4.79 Å². The van der Waals surface area contributed by atoms with Gasteiger partial charge in [-0.15, -0.1) is 11.3 Å². The molecule has 76 valence electrons. The molecule has 0 atom stereocenters. The number of rotatable bonds is 4. The fourth-order valence-electron chi connectivity index (χ4n) is 1.04. The van der Waals surface area contributed by atoms with Gasteiger partial charge in [-0.1, -0.05) is 6.92 Å². The minimum Gasteiger partial charge on any atom is -0.376 e. The van der Waals surface area contributed by atoms with E-state index in [1.54, 1.807) is 13.0 Å². The van der Waals surface area contributed by atoms with E-state index in [2.05, 4.69) is 17.2 Å². The van der Waals surface area contributed by atoms with Crippen LogP contribution in [-0.4, -0.2) is 18.7 Å². The van der Waals surface area contributed by atoms with Crippen molar-refractivity contribution in [2.75, 3.05) is 11.9 Å². The molecule has 0 fully saturated rings. The summed E-state index contributed by atoms with van der Waals surface area (Å²) in [6.07, 6.45) is 2.56. The Labute approximate surface area is 87.9 Å². The van der Waals surface area contributed by atoms with Gasteiger partial charge in [0.1, 0.15) is 5.00 Å². The minimum absolute atomic E-state index is 0.174. The smallest absolute Gasteiger partial charge is 0.279 e. The predicted octanol–water partition coefficient (Wildman–Crippen LogP) is 2.80. The molecule has 1 heterocycles. The van der Waals surface area contributed by atoms with Gasteiger partial charge in [0.2, 0.25) is 0 Å². The highest BCUT2D eigenvalue weighted by molar-refractivity contribution is 7.14. The van der Waals surface area contributed by atoms with Crippen LogP contribution in [0.4, 0.5) is 5.00 Å². The van der Waals surface area contributed by atoms with Crippen molar-refractivity contribution >= 4 is 28.5 Å². The molecule has 0 aliphatic carbocycles. The van der Waals surface area contributed by atoms with Crippen LogP contribution < -0.4 is 5.32 Å². The lowest BCUT2D eigenvalue weighted by Gasteiger charge is -2.02. The number of amides is 1. The zero-order chi connectivity index (χ0) is 10.4. The molecule has 1 aromatic heterocycles. The third kappa shape index (κ3) is 2.67. The summed E-state index contributed by atoms with van der Waals surface area (Å²) in [6, 6.07) is 1.80. The summed E-state index contributed by atoms with van der Waals surface area (Å²) in [7, 11) is 0. The Morgan fingerprint density at radius 1 is 1.71 bits per heavy atom. The number of aliphatic imine (C=N–C) groups is 1. The first-order chi connectivity index (χ1) is 6.79. The summed E-state index contributed by atoms with van der Waals surface area (Å²) in [4.78, 5) is 15.2. The SMILES string of the molecule is CC=NC(=O)c1ccsc1NCCC. The largest absolute Gasteiger partial charge is 0.376 e. The van der Waals surface area contributed by atoms with Crippen LogP contribution in [0.3, 0.4) is 0 Å². The Balaban J connectivity index is 2.76. The van der Waals surface area contributed by atoms with Crippen LogP contribution in [-0.2, 0) is 0 Å². The van der Waals surface area contributed by atoms with Crippen molar-refractivity contribution in [1.82, 2.24) is 0 Å². The zero-order valence-electron chi connectivity index (χ0n) is 8.41. The van der Waals surface area contributed by atoms with Crippen molar-refractivity contribution in [1.29, 1.82) is 0 Å². The third-order valence-electron chi connectivity index (χ3n) is 1.68. The highest BCUT2D eigenvalue weighted by Gasteiger charge is 2.10. The molecular weight excluding hydrogens is 196 g/mol. The summed E-state index contributed by atoms with van der Waals surface area (Å²) < 4.78 is 0. The highest BCUT2D eigenvalue weighted by Crippen LogP contribution is 2.23. The molecule has 0 radical (unpaired) electrons. The molecule has 0 saturated carbocycles. The fraction of sp³-hybridized carbons (Fsp3) is 0.400. The summed E-state index contributed by atoms with van der Waals surface area (Å²) in [5, 5.41) is 6.02. The molecule has 0 unspecified atom stereocenters. The van der Waals surface area contributed by atoms with Crippen molar-refractivity contribution in [3.8, 4) is 0 Å². The van der Waals surface area contributed by atoms with Gasteiger partial charge in [-0.3, -0.25) is 4.79 Å². The Bertz CT molecular complexity index is 331. The normalized spacial score (nSPS) is 10.7. The van der Waals surface area contributed by atoms with Gasteiger partial charge in [0.15, 0.2) is 0 Å². The van der Waals surface area contributed by atoms with E-state index in [1.165, 1.54) is 17.6 Å². The summed E-state index contributed by atoms with van der Waals surface area (Å²) in [5.41, 5.74) is 0.668. The monoisotopic (exact) mass is 210 g/mol. The number of nitrogens with zero attached hydrogens (tertiary/aromatic N) is 1. The van der Waals surface area contributed by atoms with Gasteiger partial charge >= 0.3 is 0 Å². The average molecular weight is 210 g/mol. The molecule has 1 aromatic rings. The molecule has 0 saturated heterocycles. The van der Waals surface area contributed by atoms with Gasteiger partial charge in [-0.2, -0.15) is 0 Å². The Morgan fingerprint density at radius 3 is 3.14 bits per heavy atom.